The zero-order chi connectivity index (χ0) is 26.0. The van der Waals surface area contributed by atoms with Crippen molar-refractivity contribution in [1.82, 2.24) is 10.6 Å². The van der Waals surface area contributed by atoms with Gasteiger partial charge in [-0.2, -0.15) is 0 Å². The van der Waals surface area contributed by atoms with Gasteiger partial charge in [0.15, 0.2) is 6.10 Å². The van der Waals surface area contributed by atoms with Crippen molar-refractivity contribution in [1.29, 1.82) is 0 Å². The second-order valence-electron chi connectivity index (χ2n) is 9.63. The Hall–Kier alpha value is -3.55. The van der Waals surface area contributed by atoms with Crippen LogP contribution < -0.4 is 20.7 Å². The lowest BCUT2D eigenvalue weighted by molar-refractivity contribution is -0.127. The van der Waals surface area contributed by atoms with Crippen LogP contribution in [0.5, 0.6) is 5.75 Å². The van der Waals surface area contributed by atoms with Crippen molar-refractivity contribution in [2.45, 2.75) is 72.1 Å². The van der Waals surface area contributed by atoms with Crippen molar-refractivity contribution in [2.75, 3.05) is 11.9 Å². The van der Waals surface area contributed by atoms with E-state index in [-0.39, 0.29) is 24.8 Å². The van der Waals surface area contributed by atoms with Gasteiger partial charge in [-0.3, -0.25) is 9.59 Å². The van der Waals surface area contributed by atoms with Crippen molar-refractivity contribution < 1.29 is 23.9 Å². The predicted molar refractivity (Wildman–Crippen MR) is 136 cm³/mol. The molecule has 2 aromatic carbocycles. The molecule has 3 amide bonds. The summed E-state index contributed by atoms with van der Waals surface area (Å²) in [6.07, 6.45) is -1.11. The minimum Gasteiger partial charge on any atom is -0.481 e. The Balaban J connectivity index is 1.77. The molecule has 1 atom stereocenters. The highest BCUT2D eigenvalue weighted by Gasteiger charge is 2.16. The van der Waals surface area contributed by atoms with Crippen LogP contribution in [-0.4, -0.2) is 36.2 Å². The van der Waals surface area contributed by atoms with Gasteiger partial charge in [-0.1, -0.05) is 38.1 Å². The Morgan fingerprint density at radius 3 is 2.26 bits per heavy atom. The topological polar surface area (TPSA) is 106 Å². The molecule has 0 radical (unpaired) electrons. The summed E-state index contributed by atoms with van der Waals surface area (Å²) in [6.45, 7) is 11.7. The zero-order valence-corrected chi connectivity index (χ0v) is 21.4. The molecule has 2 rings (SSSR count). The first kappa shape index (κ1) is 27.7. The largest absolute Gasteiger partial charge is 0.481 e. The number of alkyl carbamates (subject to hydrolysis) is 1. The van der Waals surface area contributed by atoms with E-state index in [4.69, 9.17) is 9.47 Å². The Bertz CT molecular complexity index is 997. The zero-order valence-electron chi connectivity index (χ0n) is 21.4. The molecule has 35 heavy (non-hydrogen) atoms. The molecular weight excluding hydrogens is 446 g/mol. The maximum absolute atomic E-state index is 12.5. The normalized spacial score (nSPS) is 12.0. The standard InChI is InChI=1S/C27H37N3O5/c1-18(2)21-10-12-23(13-11-21)34-19(3)25(32)29-17-20-8-7-9-22(16-20)30-24(31)14-15-28-26(33)35-27(4,5)6/h7-13,16,18-19H,14-15,17H2,1-6H3,(H,28,33)(H,29,32)(H,30,31). The number of nitrogens with one attached hydrogen (secondary N) is 3. The molecule has 0 aliphatic heterocycles. The summed E-state index contributed by atoms with van der Waals surface area (Å²) < 4.78 is 10.9. The highest BCUT2D eigenvalue weighted by atomic mass is 16.6. The van der Waals surface area contributed by atoms with E-state index in [1.165, 1.54) is 5.56 Å². The van der Waals surface area contributed by atoms with E-state index < -0.39 is 17.8 Å². The van der Waals surface area contributed by atoms with E-state index >= 15 is 0 Å². The van der Waals surface area contributed by atoms with Crippen molar-refractivity contribution >= 4 is 23.6 Å². The Labute approximate surface area is 207 Å². The maximum Gasteiger partial charge on any atom is 0.407 e. The van der Waals surface area contributed by atoms with Gasteiger partial charge >= 0.3 is 6.09 Å². The number of benzene rings is 2. The molecule has 0 aliphatic carbocycles. The molecule has 1 unspecified atom stereocenters. The van der Waals surface area contributed by atoms with E-state index in [1.54, 1.807) is 45.9 Å². The number of carbonyl (C=O) groups excluding carboxylic acids is 3. The lowest BCUT2D eigenvalue weighted by Crippen LogP contribution is -2.35. The predicted octanol–water partition coefficient (Wildman–Crippen LogP) is 4.75. The van der Waals surface area contributed by atoms with Gasteiger partial charge in [0.25, 0.3) is 5.91 Å². The van der Waals surface area contributed by atoms with E-state index in [9.17, 15) is 14.4 Å². The summed E-state index contributed by atoms with van der Waals surface area (Å²) in [5.41, 5.74) is 2.05. The quantitative estimate of drug-likeness (QED) is 0.452. The lowest BCUT2D eigenvalue weighted by Gasteiger charge is -2.19. The summed E-state index contributed by atoms with van der Waals surface area (Å²) in [5, 5.41) is 8.20. The van der Waals surface area contributed by atoms with Gasteiger partial charge in [-0.25, -0.2) is 4.79 Å². The van der Waals surface area contributed by atoms with Gasteiger partial charge in [0.2, 0.25) is 5.91 Å². The molecular formula is C27H37N3O5. The van der Waals surface area contributed by atoms with Gasteiger partial charge < -0.3 is 25.4 Å². The number of hydrogen-bond acceptors (Lipinski definition) is 5. The maximum atomic E-state index is 12.5. The number of amides is 3. The molecule has 0 fully saturated rings. The summed E-state index contributed by atoms with van der Waals surface area (Å²) in [5.74, 6) is 0.593. The summed E-state index contributed by atoms with van der Waals surface area (Å²) >= 11 is 0. The monoisotopic (exact) mass is 483 g/mol. The van der Waals surface area contributed by atoms with E-state index in [2.05, 4.69) is 29.8 Å². The van der Waals surface area contributed by atoms with Crippen LogP contribution in [0.15, 0.2) is 48.5 Å². The highest BCUT2D eigenvalue weighted by Crippen LogP contribution is 2.19. The Morgan fingerprint density at radius 2 is 1.63 bits per heavy atom. The molecule has 2 aromatic rings. The SMILES string of the molecule is CC(Oc1ccc(C(C)C)cc1)C(=O)NCc1cccc(NC(=O)CCNC(=O)OC(C)(C)C)c1. The average molecular weight is 484 g/mol. The second kappa shape index (κ2) is 12.8. The van der Waals surface area contributed by atoms with Gasteiger partial charge in [0.1, 0.15) is 11.4 Å². The summed E-state index contributed by atoms with van der Waals surface area (Å²) in [6, 6.07) is 14.9. The van der Waals surface area contributed by atoms with Gasteiger partial charge in [0.05, 0.1) is 0 Å². The molecule has 0 bridgehead atoms. The van der Waals surface area contributed by atoms with E-state index in [1.807, 2.05) is 30.3 Å². The van der Waals surface area contributed by atoms with Crippen LogP contribution in [0.25, 0.3) is 0 Å². The average Bonchev–Trinajstić information content (AvgIpc) is 2.76. The molecule has 8 heteroatoms. The van der Waals surface area contributed by atoms with Crippen LogP contribution in [0.3, 0.4) is 0 Å². The number of hydrogen-bond donors (Lipinski definition) is 3. The fraction of sp³-hybridized carbons (Fsp3) is 0.444. The van der Waals surface area contributed by atoms with Gasteiger partial charge in [0, 0.05) is 25.2 Å². The molecule has 0 aromatic heterocycles. The van der Waals surface area contributed by atoms with Crippen LogP contribution in [0.4, 0.5) is 10.5 Å². The van der Waals surface area contributed by atoms with E-state index in [0.29, 0.717) is 23.9 Å². The third-order valence-electron chi connectivity index (χ3n) is 4.93. The van der Waals surface area contributed by atoms with Crippen LogP contribution in [0.2, 0.25) is 0 Å². The Kier molecular flexibility index (Phi) is 10.1. The number of rotatable bonds is 10. The summed E-state index contributed by atoms with van der Waals surface area (Å²) in [7, 11) is 0. The van der Waals surface area contributed by atoms with Crippen molar-refractivity contribution in [2.24, 2.45) is 0 Å². The second-order valence-corrected chi connectivity index (χ2v) is 9.63. The highest BCUT2D eigenvalue weighted by molar-refractivity contribution is 5.91. The van der Waals surface area contributed by atoms with Crippen LogP contribution in [0.1, 0.15) is 65.0 Å². The van der Waals surface area contributed by atoms with E-state index in [0.717, 1.165) is 5.56 Å². The molecule has 0 spiro atoms. The fourth-order valence-electron chi connectivity index (χ4n) is 3.10. The first-order valence-corrected chi connectivity index (χ1v) is 11.8. The molecule has 8 nitrogen and oxygen atoms in total. The molecule has 0 heterocycles. The minimum absolute atomic E-state index is 0.104. The molecule has 3 N–H and O–H groups in total. The third kappa shape index (κ3) is 10.5. The first-order valence-electron chi connectivity index (χ1n) is 11.8. The fourth-order valence-corrected chi connectivity index (χ4v) is 3.10. The Morgan fingerprint density at radius 1 is 0.943 bits per heavy atom. The number of ether oxygens (including phenoxy) is 2. The molecule has 0 saturated heterocycles. The third-order valence-corrected chi connectivity index (χ3v) is 4.93. The number of carbonyl (C=O) groups is 3. The lowest BCUT2D eigenvalue weighted by atomic mass is 10.0. The first-order chi connectivity index (χ1) is 16.4. The summed E-state index contributed by atoms with van der Waals surface area (Å²) in [4.78, 5) is 36.3. The van der Waals surface area contributed by atoms with Crippen LogP contribution >= 0.6 is 0 Å². The molecule has 0 aliphatic rings. The minimum atomic E-state index is -0.653. The van der Waals surface area contributed by atoms with Crippen LogP contribution in [-0.2, 0) is 20.9 Å². The molecule has 0 saturated carbocycles. The van der Waals surface area contributed by atoms with Crippen molar-refractivity contribution in [3.05, 3.63) is 59.7 Å². The van der Waals surface area contributed by atoms with Gasteiger partial charge in [-0.05, 0) is 69.0 Å². The smallest absolute Gasteiger partial charge is 0.407 e. The van der Waals surface area contributed by atoms with Crippen molar-refractivity contribution in [3.8, 4) is 5.75 Å². The molecule has 190 valence electrons. The van der Waals surface area contributed by atoms with Crippen molar-refractivity contribution in [3.63, 3.8) is 0 Å². The number of anilines is 1. The van der Waals surface area contributed by atoms with Crippen LogP contribution in [0, 0.1) is 0 Å². The van der Waals surface area contributed by atoms with Gasteiger partial charge in [-0.15, -0.1) is 0 Å².